The molecule has 0 saturated heterocycles. The molecular weight excluding hydrogens is 831 g/mol. The Hall–Kier alpha value is -8.18. The van der Waals surface area contributed by atoms with Gasteiger partial charge in [-0.1, -0.05) is 190 Å². The van der Waals surface area contributed by atoms with Crippen LogP contribution in [0.1, 0.15) is 25.0 Å². The first kappa shape index (κ1) is 38.1. The molecule has 0 saturated carbocycles. The molecule has 4 heteroatoms. The van der Waals surface area contributed by atoms with E-state index in [1.54, 1.807) is 0 Å². The summed E-state index contributed by atoms with van der Waals surface area (Å²) in [6.45, 7) is 4.69. The molecule has 1 atom stereocenters. The van der Waals surface area contributed by atoms with Crippen molar-refractivity contribution in [2.75, 3.05) is 0 Å². The van der Waals surface area contributed by atoms with Gasteiger partial charge in [-0.2, -0.15) is 0 Å². The number of hydrogen-bond donors (Lipinski definition) is 0. The van der Waals surface area contributed by atoms with Gasteiger partial charge in [0.25, 0.3) is 0 Å². The number of furan rings is 1. The maximum absolute atomic E-state index is 7.20. The second kappa shape index (κ2) is 14.2. The van der Waals surface area contributed by atoms with Crippen molar-refractivity contribution < 1.29 is 9.15 Å². The Morgan fingerprint density at radius 1 is 0.403 bits per heavy atom. The monoisotopic (exact) mass is 873 g/mol. The average Bonchev–Trinajstić information content (AvgIpc) is 4.00. The lowest BCUT2D eigenvalue weighted by Gasteiger charge is -2.40. The summed E-state index contributed by atoms with van der Waals surface area (Å²) in [4.78, 5) is 0. The first-order valence-corrected chi connectivity index (χ1v) is 25.2. The number of aromatic nitrogens is 1. The predicted molar refractivity (Wildman–Crippen MR) is 280 cm³/mol. The normalized spacial score (nSPS) is 15.6. The summed E-state index contributed by atoms with van der Waals surface area (Å²) in [6.07, 6.45) is 0. The van der Waals surface area contributed by atoms with Gasteiger partial charge in [-0.15, -0.1) is 0 Å². The Kier molecular flexibility index (Phi) is 8.06. The molecule has 0 bridgehead atoms. The van der Waals surface area contributed by atoms with E-state index in [1.165, 1.54) is 75.9 Å². The molecule has 2 aliphatic rings. The summed E-state index contributed by atoms with van der Waals surface area (Å²) in [6, 6.07) is 82.6. The fourth-order valence-corrected chi connectivity index (χ4v) is 16.8. The molecule has 10 aromatic carbocycles. The second-order valence-corrected chi connectivity index (χ2v) is 22.5. The highest BCUT2D eigenvalue weighted by molar-refractivity contribution is 7.21. The summed E-state index contributed by atoms with van der Waals surface area (Å²) >= 11 is 0. The summed E-state index contributed by atoms with van der Waals surface area (Å²) < 4.78 is 16.3. The fraction of sp³-hybridized carbons (Fsp3) is 0.0476. The number of nitrogens with zero attached hydrogens (tertiary/aromatic N) is 1. The van der Waals surface area contributed by atoms with E-state index < -0.39 is 8.07 Å². The molecule has 0 spiro atoms. The zero-order valence-electron chi connectivity index (χ0n) is 37.1. The maximum atomic E-state index is 7.20. The molecule has 2 aromatic heterocycles. The molecule has 0 N–H and O–H groups in total. The number of rotatable bonds is 5. The van der Waals surface area contributed by atoms with Crippen LogP contribution in [0.3, 0.4) is 0 Å². The van der Waals surface area contributed by atoms with Gasteiger partial charge in [-0.25, -0.2) is 0 Å². The summed E-state index contributed by atoms with van der Waals surface area (Å²) in [7, 11) is -3.13. The van der Waals surface area contributed by atoms with Crippen LogP contribution in [-0.4, -0.2) is 12.6 Å². The third-order valence-electron chi connectivity index (χ3n) is 15.0. The molecule has 0 radical (unpaired) electrons. The lowest BCUT2D eigenvalue weighted by molar-refractivity contribution is 0.489. The first-order chi connectivity index (χ1) is 33.0. The van der Waals surface area contributed by atoms with Gasteiger partial charge in [0.15, 0.2) is 8.07 Å². The van der Waals surface area contributed by atoms with E-state index in [9.17, 15) is 0 Å². The Labute approximate surface area is 389 Å². The van der Waals surface area contributed by atoms with Gasteiger partial charge in [0.2, 0.25) is 0 Å². The highest BCUT2D eigenvalue weighted by Gasteiger charge is 2.49. The van der Waals surface area contributed by atoms with Crippen LogP contribution in [0.25, 0.3) is 82.8 Å². The van der Waals surface area contributed by atoms with Gasteiger partial charge in [0.05, 0.1) is 11.0 Å². The zero-order valence-corrected chi connectivity index (χ0v) is 38.1. The number of benzene rings is 10. The van der Waals surface area contributed by atoms with Gasteiger partial charge < -0.3 is 13.7 Å². The van der Waals surface area contributed by atoms with Gasteiger partial charge in [-0.3, -0.25) is 0 Å². The SMILES string of the molecule is CC1(C)c2ccccc2-c2ccc(-c3ccc(-c4cccc5c4Oc4ccccc4[Si]5(c4ccc(-n5c6ccccc6c6ccccc65)cc4)c4ccc5c(c4)oc4ccccc45)cc3)cc21. The van der Waals surface area contributed by atoms with Crippen molar-refractivity contribution in [1.82, 2.24) is 4.57 Å². The average molecular weight is 874 g/mol. The van der Waals surface area contributed by atoms with E-state index in [1.807, 2.05) is 6.07 Å². The minimum atomic E-state index is -3.13. The van der Waals surface area contributed by atoms with Crippen LogP contribution in [0.4, 0.5) is 0 Å². The predicted octanol–water partition coefficient (Wildman–Crippen LogP) is 13.8. The minimum Gasteiger partial charge on any atom is -0.457 e. The zero-order chi connectivity index (χ0) is 44.4. The summed E-state index contributed by atoms with van der Waals surface area (Å²) in [5, 5.41) is 9.71. The maximum Gasteiger partial charge on any atom is 0.188 e. The molecule has 1 aliphatic carbocycles. The van der Waals surface area contributed by atoms with Crippen molar-refractivity contribution in [3.05, 3.63) is 236 Å². The van der Waals surface area contributed by atoms with Gasteiger partial charge >= 0.3 is 0 Å². The third-order valence-corrected chi connectivity index (χ3v) is 19.8. The Morgan fingerprint density at radius 2 is 1.00 bits per heavy atom. The number of para-hydroxylation sites is 5. The standard InChI is InChI=1S/C63H43NO2Si/c1-63(2)53-19-7-3-14-47(53)48-36-30-42(38-54(48)63)40-26-28-41(29-27-40)46-18-13-25-61-62(46)66-58-23-11-12-24-60(58)67(61,45-35-37-52-51-17-6-10-22-57(51)65-59(52)39-45)44-33-31-43(32-34-44)64-55-20-8-4-15-49(55)50-16-5-9-21-56(50)64/h3-39H,1-2H3. The lowest BCUT2D eigenvalue weighted by atomic mass is 9.81. The fourth-order valence-electron chi connectivity index (χ4n) is 11.8. The summed E-state index contributed by atoms with van der Waals surface area (Å²) in [5.41, 5.74) is 15.3. The van der Waals surface area contributed by atoms with Gasteiger partial charge in [0, 0.05) is 38.2 Å². The summed E-state index contributed by atoms with van der Waals surface area (Å²) in [5.74, 6) is 1.80. The van der Waals surface area contributed by atoms with Crippen molar-refractivity contribution >= 4 is 72.6 Å². The van der Waals surface area contributed by atoms with Crippen LogP contribution in [0.5, 0.6) is 11.5 Å². The van der Waals surface area contributed by atoms with E-state index in [2.05, 4.69) is 237 Å². The highest BCUT2D eigenvalue weighted by atomic mass is 28.3. The minimum absolute atomic E-state index is 0.0602. The van der Waals surface area contributed by atoms with Crippen LogP contribution in [0.15, 0.2) is 229 Å². The molecule has 1 unspecified atom stereocenters. The van der Waals surface area contributed by atoms with Crippen molar-refractivity contribution in [2.45, 2.75) is 19.3 Å². The highest BCUT2D eigenvalue weighted by Crippen LogP contribution is 2.50. The first-order valence-electron chi connectivity index (χ1n) is 23.2. The molecule has 14 rings (SSSR count). The van der Waals surface area contributed by atoms with Gasteiger partial charge in [-0.05, 0) is 108 Å². The Morgan fingerprint density at radius 3 is 1.81 bits per heavy atom. The van der Waals surface area contributed by atoms with E-state index in [0.717, 1.165) is 50.3 Å². The largest absolute Gasteiger partial charge is 0.457 e. The number of fused-ring (bicyclic) bond motifs is 11. The van der Waals surface area contributed by atoms with E-state index in [-0.39, 0.29) is 5.41 Å². The molecule has 3 heterocycles. The van der Waals surface area contributed by atoms with Crippen molar-refractivity contribution in [1.29, 1.82) is 0 Å². The van der Waals surface area contributed by atoms with Crippen molar-refractivity contribution in [3.8, 4) is 50.6 Å². The Bertz CT molecular complexity index is 3930. The van der Waals surface area contributed by atoms with Crippen LogP contribution in [-0.2, 0) is 5.41 Å². The van der Waals surface area contributed by atoms with Crippen molar-refractivity contribution in [2.24, 2.45) is 0 Å². The third kappa shape index (κ3) is 5.39. The molecule has 316 valence electrons. The molecule has 1 aliphatic heterocycles. The number of ether oxygens (including phenoxy) is 1. The molecule has 0 amide bonds. The lowest BCUT2D eigenvalue weighted by Crippen LogP contribution is -2.76. The quantitative estimate of drug-likeness (QED) is 0.161. The van der Waals surface area contributed by atoms with Crippen LogP contribution in [0, 0.1) is 0 Å². The number of hydrogen-bond acceptors (Lipinski definition) is 2. The Balaban J connectivity index is 0.955. The molecule has 0 fully saturated rings. The second-order valence-electron chi connectivity index (χ2n) is 18.8. The van der Waals surface area contributed by atoms with E-state index in [4.69, 9.17) is 9.15 Å². The molecule has 3 nitrogen and oxygen atoms in total. The molecular formula is C63H43NO2Si. The van der Waals surface area contributed by atoms with E-state index in [0.29, 0.717) is 0 Å². The van der Waals surface area contributed by atoms with Crippen LogP contribution < -0.4 is 25.5 Å². The topological polar surface area (TPSA) is 27.3 Å². The smallest absolute Gasteiger partial charge is 0.188 e. The van der Waals surface area contributed by atoms with Gasteiger partial charge in [0.1, 0.15) is 22.7 Å². The molecule has 12 aromatic rings. The van der Waals surface area contributed by atoms with Crippen LogP contribution >= 0.6 is 0 Å². The molecule has 67 heavy (non-hydrogen) atoms. The van der Waals surface area contributed by atoms with Crippen molar-refractivity contribution in [3.63, 3.8) is 0 Å². The van der Waals surface area contributed by atoms with E-state index >= 15 is 0 Å². The van der Waals surface area contributed by atoms with Crippen LogP contribution in [0.2, 0.25) is 0 Å².